The van der Waals surface area contributed by atoms with Gasteiger partial charge in [-0.2, -0.15) is 0 Å². The van der Waals surface area contributed by atoms with Crippen molar-refractivity contribution in [1.82, 2.24) is 4.98 Å². The third kappa shape index (κ3) is 3.71. The molecule has 2 aromatic heterocycles. The van der Waals surface area contributed by atoms with Crippen molar-refractivity contribution in [2.45, 2.75) is 12.8 Å². The number of carbonyl (C=O) groups is 3. The summed E-state index contributed by atoms with van der Waals surface area (Å²) in [7, 11) is 0. The molecule has 0 unspecified atom stereocenters. The van der Waals surface area contributed by atoms with Gasteiger partial charge in [-0.05, 0) is 46.3 Å². The Kier molecular flexibility index (Phi) is 4.90. The number of hydrogen-bond donors (Lipinski definition) is 1. The molecule has 1 aliphatic heterocycles. The molecule has 9 heteroatoms. The summed E-state index contributed by atoms with van der Waals surface area (Å²) in [5, 5.41) is 5.13. The summed E-state index contributed by atoms with van der Waals surface area (Å²) < 4.78 is 1.01. The smallest absolute Gasteiger partial charge is 0.257 e. The van der Waals surface area contributed by atoms with E-state index in [9.17, 15) is 14.4 Å². The highest BCUT2D eigenvalue weighted by Crippen LogP contribution is 2.33. The predicted molar refractivity (Wildman–Crippen MR) is 109 cm³/mol. The molecule has 1 saturated heterocycles. The molecule has 4 rings (SSSR count). The number of amides is 3. The number of imide groups is 1. The summed E-state index contributed by atoms with van der Waals surface area (Å²) in [6.45, 7) is 0. The summed E-state index contributed by atoms with van der Waals surface area (Å²) in [4.78, 5) is 42.9. The third-order valence-corrected chi connectivity index (χ3v) is 6.37. The molecular weight excluding hydrogens is 450 g/mol. The van der Waals surface area contributed by atoms with Crippen LogP contribution < -0.4 is 10.2 Å². The van der Waals surface area contributed by atoms with Crippen molar-refractivity contribution >= 4 is 67.1 Å². The Bertz CT molecular complexity index is 1040. The predicted octanol–water partition coefficient (Wildman–Crippen LogP) is 4.54. The van der Waals surface area contributed by atoms with E-state index in [4.69, 9.17) is 0 Å². The molecule has 0 aliphatic carbocycles. The Hall–Kier alpha value is -2.36. The van der Waals surface area contributed by atoms with Gasteiger partial charge in [0.05, 0.1) is 20.0 Å². The van der Waals surface area contributed by atoms with Gasteiger partial charge in [0.2, 0.25) is 11.8 Å². The minimum Gasteiger partial charge on any atom is -0.298 e. The maximum atomic E-state index is 12.6. The van der Waals surface area contributed by atoms with Gasteiger partial charge >= 0.3 is 0 Å². The first-order valence-electron chi connectivity index (χ1n) is 8.00. The lowest BCUT2D eigenvalue weighted by atomic mass is 10.2. The fourth-order valence-electron chi connectivity index (χ4n) is 2.72. The lowest BCUT2D eigenvalue weighted by Gasteiger charge is -2.14. The molecule has 6 nitrogen and oxygen atoms in total. The molecule has 3 heterocycles. The third-order valence-electron chi connectivity index (χ3n) is 3.97. The first-order chi connectivity index (χ1) is 13.0. The van der Waals surface area contributed by atoms with Crippen LogP contribution in [0.2, 0.25) is 0 Å². The zero-order valence-corrected chi connectivity index (χ0v) is 17.0. The zero-order chi connectivity index (χ0) is 19.0. The topological polar surface area (TPSA) is 79.4 Å². The maximum absolute atomic E-state index is 12.6. The normalized spacial score (nSPS) is 14.0. The molecular formula is C18H12BrN3O3S2. The Balaban J connectivity index is 1.52. The molecule has 1 aromatic carbocycles. The van der Waals surface area contributed by atoms with Crippen LogP contribution in [0.4, 0.5) is 10.8 Å². The van der Waals surface area contributed by atoms with E-state index < -0.39 is 0 Å². The standard InChI is InChI=1S/C18H12BrN3O3S2/c19-14-5-4-13(27-14)12-9-26-18(20-12)21-17(25)10-2-1-3-11(8-10)22-15(23)6-7-16(22)24/h1-5,8-9H,6-7H2,(H,20,21,25). The van der Waals surface area contributed by atoms with Gasteiger partial charge < -0.3 is 0 Å². The molecule has 27 heavy (non-hydrogen) atoms. The lowest BCUT2D eigenvalue weighted by Crippen LogP contribution is -2.28. The van der Waals surface area contributed by atoms with E-state index >= 15 is 0 Å². The van der Waals surface area contributed by atoms with Crippen LogP contribution in [-0.2, 0) is 9.59 Å². The number of hydrogen-bond acceptors (Lipinski definition) is 6. The lowest BCUT2D eigenvalue weighted by molar-refractivity contribution is -0.121. The van der Waals surface area contributed by atoms with E-state index in [2.05, 4.69) is 26.2 Å². The number of benzene rings is 1. The van der Waals surface area contributed by atoms with Gasteiger partial charge in [0.15, 0.2) is 5.13 Å². The van der Waals surface area contributed by atoms with Crippen molar-refractivity contribution in [2.75, 3.05) is 10.2 Å². The first-order valence-corrected chi connectivity index (χ1v) is 10.5. The molecule has 3 aromatic rings. The highest BCUT2D eigenvalue weighted by Gasteiger charge is 2.30. The SMILES string of the molecule is O=C(Nc1nc(-c2ccc(Br)s2)cs1)c1cccc(N2C(=O)CCC2=O)c1. The molecule has 0 saturated carbocycles. The second-order valence-electron chi connectivity index (χ2n) is 5.77. The van der Waals surface area contributed by atoms with Crippen molar-refractivity contribution in [3.05, 3.63) is 51.1 Å². The average Bonchev–Trinajstić information content (AvgIpc) is 3.36. The van der Waals surface area contributed by atoms with Crippen LogP contribution in [0.25, 0.3) is 10.6 Å². The van der Waals surface area contributed by atoms with Gasteiger partial charge in [0.1, 0.15) is 0 Å². The number of nitrogens with zero attached hydrogens (tertiary/aromatic N) is 2. The van der Waals surface area contributed by atoms with Gasteiger partial charge in [-0.15, -0.1) is 22.7 Å². The largest absolute Gasteiger partial charge is 0.298 e. The fraction of sp³-hybridized carbons (Fsp3) is 0.111. The van der Waals surface area contributed by atoms with Crippen molar-refractivity contribution in [1.29, 1.82) is 0 Å². The minimum absolute atomic E-state index is 0.204. The minimum atomic E-state index is -0.343. The van der Waals surface area contributed by atoms with Crippen LogP contribution in [0.3, 0.4) is 0 Å². The highest BCUT2D eigenvalue weighted by molar-refractivity contribution is 9.11. The molecule has 136 valence electrons. The number of rotatable bonds is 4. The number of carbonyl (C=O) groups excluding carboxylic acids is 3. The number of nitrogens with one attached hydrogen (secondary N) is 1. The molecule has 1 N–H and O–H groups in total. The Labute approximate surface area is 171 Å². The number of halogens is 1. The average molecular weight is 462 g/mol. The van der Waals surface area contributed by atoms with Gasteiger partial charge in [-0.1, -0.05) is 6.07 Å². The molecule has 0 bridgehead atoms. The summed E-state index contributed by atoms with van der Waals surface area (Å²) in [6, 6.07) is 10.4. The van der Waals surface area contributed by atoms with Crippen LogP contribution >= 0.6 is 38.6 Å². The monoisotopic (exact) mass is 461 g/mol. The number of aromatic nitrogens is 1. The zero-order valence-electron chi connectivity index (χ0n) is 13.8. The van der Waals surface area contributed by atoms with Crippen molar-refractivity contribution in [3.8, 4) is 10.6 Å². The molecule has 3 amide bonds. The second-order valence-corrected chi connectivity index (χ2v) is 9.09. The summed E-state index contributed by atoms with van der Waals surface area (Å²) in [5.41, 5.74) is 1.57. The molecule has 1 aliphatic rings. The van der Waals surface area contributed by atoms with E-state index in [1.165, 1.54) is 11.3 Å². The number of thiophene rings is 1. The van der Waals surface area contributed by atoms with E-state index in [-0.39, 0.29) is 30.6 Å². The van der Waals surface area contributed by atoms with Crippen molar-refractivity contribution < 1.29 is 14.4 Å². The summed E-state index contributed by atoms with van der Waals surface area (Å²) in [5.74, 6) is -0.835. The number of anilines is 2. The first kappa shape index (κ1) is 18.0. The second kappa shape index (κ2) is 7.34. The highest BCUT2D eigenvalue weighted by atomic mass is 79.9. The van der Waals surface area contributed by atoms with Gasteiger partial charge in [-0.3, -0.25) is 24.6 Å². The number of thiazole rings is 1. The summed E-state index contributed by atoms with van der Waals surface area (Å²) in [6.07, 6.45) is 0.409. The van der Waals surface area contributed by atoms with Crippen LogP contribution in [0, 0.1) is 0 Å². The van der Waals surface area contributed by atoms with Gasteiger partial charge in [0.25, 0.3) is 5.91 Å². The van der Waals surface area contributed by atoms with E-state index in [0.717, 1.165) is 19.3 Å². The van der Waals surface area contributed by atoms with Crippen molar-refractivity contribution in [3.63, 3.8) is 0 Å². The van der Waals surface area contributed by atoms with E-state index in [0.29, 0.717) is 16.4 Å². The van der Waals surface area contributed by atoms with Crippen LogP contribution in [-0.4, -0.2) is 22.7 Å². The van der Waals surface area contributed by atoms with E-state index in [1.807, 2.05) is 17.5 Å². The molecule has 0 atom stereocenters. The van der Waals surface area contributed by atoms with Crippen LogP contribution in [0.15, 0.2) is 45.6 Å². The van der Waals surface area contributed by atoms with Crippen LogP contribution in [0.5, 0.6) is 0 Å². The Morgan fingerprint density at radius 3 is 2.63 bits per heavy atom. The molecule has 0 radical (unpaired) electrons. The Morgan fingerprint density at radius 2 is 1.93 bits per heavy atom. The van der Waals surface area contributed by atoms with E-state index in [1.54, 1.807) is 35.6 Å². The quantitative estimate of drug-likeness (QED) is 0.578. The van der Waals surface area contributed by atoms with Crippen molar-refractivity contribution in [2.24, 2.45) is 0 Å². The maximum Gasteiger partial charge on any atom is 0.257 e. The molecule has 0 spiro atoms. The Morgan fingerprint density at radius 1 is 1.15 bits per heavy atom. The fourth-order valence-corrected chi connectivity index (χ4v) is 4.84. The summed E-state index contributed by atoms with van der Waals surface area (Å²) >= 11 is 6.32. The van der Waals surface area contributed by atoms with Crippen LogP contribution in [0.1, 0.15) is 23.2 Å². The van der Waals surface area contributed by atoms with Gasteiger partial charge in [0, 0.05) is 23.8 Å². The van der Waals surface area contributed by atoms with Gasteiger partial charge in [-0.25, -0.2) is 4.98 Å². The molecule has 1 fully saturated rings.